The molecule has 0 aliphatic carbocycles. The Kier molecular flexibility index (Phi) is 4.96. The van der Waals surface area contributed by atoms with Crippen molar-refractivity contribution < 1.29 is 9.53 Å². The molecule has 0 heterocycles. The fraction of sp³-hybridized carbons (Fsp3) is 0.125. The summed E-state index contributed by atoms with van der Waals surface area (Å²) in [7, 11) is 0. The first-order chi connectivity index (χ1) is 10.1. The van der Waals surface area contributed by atoms with Gasteiger partial charge in [-0.05, 0) is 42.8 Å². The number of nitriles is 1. The summed E-state index contributed by atoms with van der Waals surface area (Å²) in [6.07, 6.45) is 0. The Labute approximate surface area is 131 Å². The normalized spacial score (nSPS) is 9.76. The molecule has 0 atom stereocenters. The molecule has 0 fully saturated rings. The van der Waals surface area contributed by atoms with E-state index >= 15 is 0 Å². The molecule has 21 heavy (non-hydrogen) atoms. The lowest BCUT2D eigenvalue weighted by Crippen LogP contribution is -2.12. The quantitative estimate of drug-likeness (QED) is 0.914. The molecule has 0 unspecified atom stereocenters. The molecule has 0 saturated heterocycles. The fourth-order valence-electron chi connectivity index (χ4n) is 1.77. The van der Waals surface area contributed by atoms with Crippen molar-refractivity contribution >= 4 is 27.5 Å². The fourth-order valence-corrected chi connectivity index (χ4v) is 2.02. The number of carbonyl (C=O) groups is 1. The maximum absolute atomic E-state index is 12.2. The second kappa shape index (κ2) is 6.91. The molecule has 1 amide bonds. The molecule has 0 bridgehead atoms. The topological polar surface area (TPSA) is 62.1 Å². The van der Waals surface area contributed by atoms with Crippen molar-refractivity contribution in [3.8, 4) is 11.8 Å². The van der Waals surface area contributed by atoms with E-state index in [0.29, 0.717) is 17.0 Å². The molecule has 2 rings (SSSR count). The largest absolute Gasteiger partial charge is 0.479 e. The number of anilines is 1. The number of amides is 1. The number of ether oxygens (including phenoxy) is 1. The zero-order valence-corrected chi connectivity index (χ0v) is 13.0. The Bertz CT molecular complexity index is 708. The Morgan fingerprint density at radius 2 is 2.14 bits per heavy atom. The summed E-state index contributed by atoms with van der Waals surface area (Å²) in [5, 5.41) is 11.3. The molecule has 2 aromatic rings. The Balaban J connectivity index is 2.12. The molecule has 0 radical (unpaired) electrons. The van der Waals surface area contributed by atoms with Gasteiger partial charge in [-0.15, -0.1) is 0 Å². The van der Waals surface area contributed by atoms with Crippen LogP contribution in [0.5, 0.6) is 5.75 Å². The van der Waals surface area contributed by atoms with Crippen molar-refractivity contribution in [1.82, 2.24) is 0 Å². The van der Waals surface area contributed by atoms with E-state index in [9.17, 15) is 4.79 Å². The highest BCUT2D eigenvalue weighted by Gasteiger charge is 2.08. The summed E-state index contributed by atoms with van der Waals surface area (Å²) in [4.78, 5) is 12.2. The SMILES string of the molecule is Cc1cc(C(=O)Nc2cccc(OCC#N)c2)ccc1Br. The van der Waals surface area contributed by atoms with Gasteiger partial charge >= 0.3 is 0 Å². The van der Waals surface area contributed by atoms with Crippen LogP contribution in [0.4, 0.5) is 5.69 Å². The van der Waals surface area contributed by atoms with Crippen molar-refractivity contribution in [1.29, 1.82) is 5.26 Å². The molecular weight excluding hydrogens is 332 g/mol. The maximum Gasteiger partial charge on any atom is 0.255 e. The Morgan fingerprint density at radius 3 is 2.86 bits per heavy atom. The summed E-state index contributed by atoms with van der Waals surface area (Å²) >= 11 is 3.40. The number of hydrogen-bond acceptors (Lipinski definition) is 3. The lowest BCUT2D eigenvalue weighted by atomic mass is 10.1. The monoisotopic (exact) mass is 344 g/mol. The number of halogens is 1. The second-order valence-corrected chi connectivity index (χ2v) is 5.25. The third kappa shape index (κ3) is 4.07. The number of carbonyl (C=O) groups excluding carboxylic acids is 1. The van der Waals surface area contributed by atoms with Gasteiger partial charge in [0.25, 0.3) is 5.91 Å². The summed E-state index contributed by atoms with van der Waals surface area (Å²) in [6, 6.07) is 14.3. The molecule has 0 spiro atoms. The number of nitrogens with zero attached hydrogens (tertiary/aromatic N) is 1. The van der Waals surface area contributed by atoms with Gasteiger partial charge in [0.15, 0.2) is 6.61 Å². The molecule has 1 N–H and O–H groups in total. The third-order valence-corrected chi connectivity index (χ3v) is 3.71. The second-order valence-electron chi connectivity index (χ2n) is 4.39. The number of benzene rings is 2. The first kappa shape index (κ1) is 15.1. The van der Waals surface area contributed by atoms with Crippen molar-refractivity contribution in [2.45, 2.75) is 6.92 Å². The highest BCUT2D eigenvalue weighted by molar-refractivity contribution is 9.10. The zero-order valence-electron chi connectivity index (χ0n) is 11.4. The van der Waals surface area contributed by atoms with Crippen LogP contribution in [0.15, 0.2) is 46.9 Å². The molecule has 0 aromatic heterocycles. The van der Waals surface area contributed by atoms with Crippen molar-refractivity contribution in [2.75, 3.05) is 11.9 Å². The summed E-state index contributed by atoms with van der Waals surface area (Å²) in [6.45, 7) is 1.90. The average molecular weight is 345 g/mol. The predicted octanol–water partition coefficient (Wildman–Crippen LogP) is 3.91. The van der Waals surface area contributed by atoms with Gasteiger partial charge in [-0.3, -0.25) is 4.79 Å². The number of nitrogens with one attached hydrogen (secondary N) is 1. The van der Waals surface area contributed by atoms with Crippen LogP contribution in [0.1, 0.15) is 15.9 Å². The van der Waals surface area contributed by atoms with E-state index in [-0.39, 0.29) is 12.5 Å². The number of hydrogen-bond donors (Lipinski definition) is 1. The van der Waals surface area contributed by atoms with Crippen LogP contribution in [0.2, 0.25) is 0 Å². The van der Waals surface area contributed by atoms with E-state index in [4.69, 9.17) is 10.00 Å². The van der Waals surface area contributed by atoms with Crippen LogP contribution in [0.25, 0.3) is 0 Å². The smallest absolute Gasteiger partial charge is 0.255 e. The minimum Gasteiger partial charge on any atom is -0.479 e. The summed E-state index contributed by atoms with van der Waals surface area (Å²) in [5.74, 6) is 0.351. The van der Waals surface area contributed by atoms with Crippen LogP contribution < -0.4 is 10.1 Å². The lowest BCUT2D eigenvalue weighted by molar-refractivity contribution is 0.102. The molecule has 106 valence electrons. The van der Waals surface area contributed by atoms with Gasteiger partial charge in [0, 0.05) is 21.8 Å². The highest BCUT2D eigenvalue weighted by Crippen LogP contribution is 2.20. The van der Waals surface area contributed by atoms with Crippen molar-refractivity contribution in [2.24, 2.45) is 0 Å². The highest BCUT2D eigenvalue weighted by atomic mass is 79.9. The van der Waals surface area contributed by atoms with Crippen molar-refractivity contribution in [3.05, 3.63) is 58.1 Å². The molecule has 4 nitrogen and oxygen atoms in total. The first-order valence-corrected chi connectivity index (χ1v) is 7.07. The standard InChI is InChI=1S/C16H13BrN2O2/c1-11-9-12(5-6-15(11)17)16(20)19-13-3-2-4-14(10-13)21-8-7-18/h2-6,9-10H,8H2,1H3,(H,19,20). The zero-order chi connectivity index (χ0) is 15.2. The van der Waals surface area contributed by atoms with Crippen molar-refractivity contribution in [3.63, 3.8) is 0 Å². The predicted molar refractivity (Wildman–Crippen MR) is 84.4 cm³/mol. The molecule has 2 aromatic carbocycles. The minimum absolute atomic E-state index is 0.0245. The van der Waals surface area contributed by atoms with E-state index in [0.717, 1.165) is 10.0 Å². The first-order valence-electron chi connectivity index (χ1n) is 6.27. The minimum atomic E-state index is -0.192. The molecule has 5 heteroatoms. The maximum atomic E-state index is 12.2. The van der Waals surface area contributed by atoms with Crippen LogP contribution in [-0.2, 0) is 0 Å². The number of aryl methyl sites for hydroxylation is 1. The van der Waals surface area contributed by atoms with Gasteiger partial charge in [0.1, 0.15) is 11.8 Å². The third-order valence-electron chi connectivity index (χ3n) is 2.82. The summed E-state index contributed by atoms with van der Waals surface area (Å²) in [5.41, 5.74) is 2.20. The lowest BCUT2D eigenvalue weighted by Gasteiger charge is -2.08. The molecule has 0 saturated carbocycles. The van der Waals surface area contributed by atoms with Gasteiger partial charge in [0.05, 0.1) is 0 Å². The van der Waals surface area contributed by atoms with E-state index in [1.165, 1.54) is 0 Å². The summed E-state index contributed by atoms with van der Waals surface area (Å²) < 4.78 is 6.16. The van der Waals surface area contributed by atoms with Crippen LogP contribution in [0, 0.1) is 18.3 Å². The van der Waals surface area contributed by atoms with E-state index in [1.54, 1.807) is 30.3 Å². The average Bonchev–Trinajstić information content (AvgIpc) is 2.48. The van der Waals surface area contributed by atoms with E-state index in [2.05, 4.69) is 21.2 Å². The molecule has 0 aliphatic heterocycles. The van der Waals surface area contributed by atoms with E-state index < -0.39 is 0 Å². The van der Waals surface area contributed by atoms with Gasteiger partial charge < -0.3 is 10.1 Å². The molecule has 0 aliphatic rings. The van der Waals surface area contributed by atoms with Gasteiger partial charge in [-0.25, -0.2) is 0 Å². The van der Waals surface area contributed by atoms with Crippen LogP contribution in [0.3, 0.4) is 0 Å². The Morgan fingerprint density at radius 1 is 1.33 bits per heavy atom. The van der Waals surface area contributed by atoms with Gasteiger partial charge in [0.2, 0.25) is 0 Å². The van der Waals surface area contributed by atoms with E-state index in [1.807, 2.05) is 25.1 Å². The number of rotatable bonds is 4. The van der Waals surface area contributed by atoms with Gasteiger partial charge in [-0.2, -0.15) is 5.26 Å². The van der Waals surface area contributed by atoms with Crippen LogP contribution >= 0.6 is 15.9 Å². The molecular formula is C16H13BrN2O2. The Hall–Kier alpha value is -2.32. The van der Waals surface area contributed by atoms with Crippen LogP contribution in [-0.4, -0.2) is 12.5 Å². The van der Waals surface area contributed by atoms with Gasteiger partial charge in [-0.1, -0.05) is 22.0 Å².